The van der Waals surface area contributed by atoms with E-state index in [2.05, 4.69) is 0 Å². The van der Waals surface area contributed by atoms with Gasteiger partial charge in [0.25, 0.3) is 5.91 Å². The molecule has 2 atom stereocenters. The first-order valence-electron chi connectivity index (χ1n) is 8.42. The molecule has 0 spiro atoms. The van der Waals surface area contributed by atoms with E-state index in [4.69, 9.17) is 10.5 Å². The smallest absolute Gasteiger partial charge is 0.251 e. The van der Waals surface area contributed by atoms with Crippen molar-refractivity contribution in [2.75, 3.05) is 32.7 Å². The van der Waals surface area contributed by atoms with Gasteiger partial charge < -0.3 is 15.4 Å². The second-order valence-electron chi connectivity index (χ2n) is 6.36. The molecule has 27 heavy (non-hydrogen) atoms. The van der Waals surface area contributed by atoms with E-state index in [9.17, 15) is 22.0 Å². The number of benzene rings is 1. The van der Waals surface area contributed by atoms with Crippen LogP contribution < -0.4 is 5.73 Å². The SMILES string of the molecule is Cl.NC[C@H]1CC[C@@H](C(=O)N2CCN(S(=O)(=O)c3ccc(F)cc3F)CC2)O1. The third-order valence-corrected chi connectivity index (χ3v) is 6.64. The molecule has 2 N–H and O–H groups in total. The van der Waals surface area contributed by atoms with Crippen molar-refractivity contribution >= 4 is 28.3 Å². The third kappa shape index (κ3) is 4.57. The molecule has 0 unspecified atom stereocenters. The Morgan fingerprint density at radius 3 is 2.41 bits per heavy atom. The van der Waals surface area contributed by atoms with Crippen LogP contribution in [0, 0.1) is 11.6 Å². The zero-order valence-electron chi connectivity index (χ0n) is 14.5. The first-order chi connectivity index (χ1) is 12.3. The number of rotatable bonds is 4. The molecule has 0 radical (unpaired) electrons. The van der Waals surface area contributed by atoms with Crippen molar-refractivity contribution in [3.05, 3.63) is 29.8 Å². The van der Waals surface area contributed by atoms with Crippen molar-refractivity contribution in [1.29, 1.82) is 0 Å². The van der Waals surface area contributed by atoms with Gasteiger partial charge in [-0.2, -0.15) is 4.31 Å². The maximum atomic E-state index is 13.8. The minimum Gasteiger partial charge on any atom is -0.364 e. The molecule has 0 bridgehead atoms. The average Bonchev–Trinajstić information content (AvgIpc) is 3.10. The highest BCUT2D eigenvalue weighted by molar-refractivity contribution is 7.89. The molecule has 0 saturated carbocycles. The Bertz CT molecular complexity index is 788. The van der Waals surface area contributed by atoms with Gasteiger partial charge in [0.1, 0.15) is 22.6 Å². The van der Waals surface area contributed by atoms with Crippen LogP contribution in [0.25, 0.3) is 0 Å². The number of carbonyl (C=O) groups excluding carboxylic acids is 1. The highest BCUT2D eigenvalue weighted by Crippen LogP contribution is 2.24. The van der Waals surface area contributed by atoms with Crippen LogP contribution in [0.15, 0.2) is 23.1 Å². The zero-order chi connectivity index (χ0) is 18.9. The molecule has 2 aliphatic rings. The van der Waals surface area contributed by atoms with Gasteiger partial charge in [0.2, 0.25) is 10.0 Å². The second-order valence-corrected chi connectivity index (χ2v) is 8.27. The molecule has 2 heterocycles. The Morgan fingerprint density at radius 2 is 1.85 bits per heavy atom. The lowest BCUT2D eigenvalue weighted by atomic mass is 10.1. The Balaban J connectivity index is 0.00000261. The molecule has 7 nitrogen and oxygen atoms in total. The molecule has 1 amide bonds. The van der Waals surface area contributed by atoms with E-state index in [1.807, 2.05) is 0 Å². The number of piperazine rings is 1. The van der Waals surface area contributed by atoms with E-state index in [0.717, 1.165) is 22.9 Å². The van der Waals surface area contributed by atoms with Gasteiger partial charge >= 0.3 is 0 Å². The number of nitrogens with zero attached hydrogens (tertiary/aromatic N) is 2. The molecular formula is C16H22ClF2N3O4S. The first kappa shape index (κ1) is 22.0. The van der Waals surface area contributed by atoms with Gasteiger partial charge in [-0.15, -0.1) is 12.4 Å². The van der Waals surface area contributed by atoms with Crippen LogP contribution >= 0.6 is 12.4 Å². The van der Waals surface area contributed by atoms with Gasteiger partial charge in [0.05, 0.1) is 6.10 Å². The number of ether oxygens (including phenoxy) is 1. The third-order valence-electron chi connectivity index (χ3n) is 4.71. The summed E-state index contributed by atoms with van der Waals surface area (Å²) < 4.78 is 58.6. The summed E-state index contributed by atoms with van der Waals surface area (Å²) in [6, 6.07) is 2.36. The predicted molar refractivity (Wildman–Crippen MR) is 95.9 cm³/mol. The van der Waals surface area contributed by atoms with E-state index in [-0.39, 0.29) is 50.6 Å². The van der Waals surface area contributed by atoms with Crippen LogP contribution in [-0.2, 0) is 19.6 Å². The molecule has 1 aromatic carbocycles. The lowest BCUT2D eigenvalue weighted by Crippen LogP contribution is -2.52. The van der Waals surface area contributed by atoms with Crippen molar-refractivity contribution in [3.63, 3.8) is 0 Å². The van der Waals surface area contributed by atoms with Gasteiger partial charge in [-0.25, -0.2) is 17.2 Å². The topological polar surface area (TPSA) is 92.9 Å². The normalized spacial score (nSPS) is 23.9. The Morgan fingerprint density at radius 1 is 1.19 bits per heavy atom. The zero-order valence-corrected chi connectivity index (χ0v) is 16.1. The number of hydrogen-bond acceptors (Lipinski definition) is 5. The fourth-order valence-corrected chi connectivity index (χ4v) is 4.70. The molecule has 3 rings (SSSR count). The lowest BCUT2D eigenvalue weighted by molar-refractivity contribution is -0.143. The fraction of sp³-hybridized carbons (Fsp3) is 0.562. The molecule has 0 aromatic heterocycles. The predicted octanol–water partition coefficient (Wildman–Crippen LogP) is 0.726. The molecule has 11 heteroatoms. The summed E-state index contributed by atoms with van der Waals surface area (Å²) in [6.07, 6.45) is 0.666. The highest BCUT2D eigenvalue weighted by atomic mass is 35.5. The maximum absolute atomic E-state index is 13.8. The van der Waals surface area contributed by atoms with Crippen molar-refractivity contribution in [2.45, 2.75) is 29.9 Å². The average molecular weight is 426 g/mol. The molecule has 1 aromatic rings. The van der Waals surface area contributed by atoms with Crippen LogP contribution in [0.5, 0.6) is 0 Å². The van der Waals surface area contributed by atoms with Gasteiger partial charge in [0, 0.05) is 38.8 Å². The number of sulfonamides is 1. The van der Waals surface area contributed by atoms with Crippen LogP contribution in [0.2, 0.25) is 0 Å². The summed E-state index contributed by atoms with van der Waals surface area (Å²) >= 11 is 0. The number of hydrogen-bond donors (Lipinski definition) is 1. The minimum absolute atomic E-state index is 0. The first-order valence-corrected chi connectivity index (χ1v) is 9.86. The molecule has 152 valence electrons. The van der Waals surface area contributed by atoms with Crippen LogP contribution in [0.1, 0.15) is 12.8 Å². The summed E-state index contributed by atoms with van der Waals surface area (Å²) in [5.74, 6) is -2.15. The van der Waals surface area contributed by atoms with Crippen LogP contribution in [0.4, 0.5) is 8.78 Å². The van der Waals surface area contributed by atoms with Crippen molar-refractivity contribution in [2.24, 2.45) is 5.73 Å². The van der Waals surface area contributed by atoms with Crippen molar-refractivity contribution in [3.8, 4) is 0 Å². The number of halogens is 3. The molecule has 2 fully saturated rings. The summed E-state index contributed by atoms with van der Waals surface area (Å²) in [6.45, 7) is 0.816. The summed E-state index contributed by atoms with van der Waals surface area (Å²) in [7, 11) is -4.08. The van der Waals surface area contributed by atoms with E-state index in [0.29, 0.717) is 19.0 Å². The summed E-state index contributed by atoms with van der Waals surface area (Å²) in [5.41, 5.74) is 5.54. The second kappa shape index (κ2) is 8.78. The fourth-order valence-electron chi connectivity index (χ4n) is 3.24. The van der Waals surface area contributed by atoms with E-state index < -0.39 is 32.7 Å². The standard InChI is InChI=1S/C16H21F2N3O4S.ClH/c17-11-1-4-15(13(18)9-11)26(23,24)21-7-5-20(6-8-21)16(22)14-3-2-12(10-19)25-14;/h1,4,9,12,14H,2-3,5-8,10,19H2;1H/t12-,14+;/m1./s1. The van der Waals surface area contributed by atoms with E-state index in [1.54, 1.807) is 4.90 Å². The lowest BCUT2D eigenvalue weighted by Gasteiger charge is -2.35. The number of nitrogens with two attached hydrogens (primary N) is 1. The summed E-state index contributed by atoms with van der Waals surface area (Å²) in [4.78, 5) is 13.5. The summed E-state index contributed by atoms with van der Waals surface area (Å²) in [5, 5.41) is 0. The van der Waals surface area contributed by atoms with Crippen LogP contribution in [-0.4, -0.2) is 68.5 Å². The Labute approximate surface area is 162 Å². The largest absolute Gasteiger partial charge is 0.364 e. The molecule has 2 saturated heterocycles. The van der Waals surface area contributed by atoms with Gasteiger partial charge in [-0.05, 0) is 25.0 Å². The van der Waals surface area contributed by atoms with Gasteiger partial charge in [-0.1, -0.05) is 0 Å². The number of amides is 1. The maximum Gasteiger partial charge on any atom is 0.251 e. The molecule has 0 aliphatic carbocycles. The van der Waals surface area contributed by atoms with Crippen LogP contribution in [0.3, 0.4) is 0 Å². The monoisotopic (exact) mass is 425 g/mol. The molecule has 2 aliphatic heterocycles. The van der Waals surface area contributed by atoms with Gasteiger partial charge in [0.15, 0.2) is 0 Å². The minimum atomic E-state index is -4.08. The number of carbonyl (C=O) groups is 1. The Hall–Kier alpha value is -1.33. The Kier molecular flexibility index (Phi) is 7.14. The van der Waals surface area contributed by atoms with E-state index >= 15 is 0 Å². The molecular weight excluding hydrogens is 404 g/mol. The van der Waals surface area contributed by atoms with Crippen molar-refractivity contribution < 1.29 is 26.7 Å². The highest BCUT2D eigenvalue weighted by Gasteiger charge is 2.36. The van der Waals surface area contributed by atoms with Crippen molar-refractivity contribution in [1.82, 2.24) is 9.21 Å². The van der Waals surface area contributed by atoms with Gasteiger partial charge in [-0.3, -0.25) is 4.79 Å². The van der Waals surface area contributed by atoms with E-state index in [1.165, 1.54) is 0 Å². The quantitative estimate of drug-likeness (QED) is 0.767.